The number of rotatable bonds is 5. The van der Waals surface area contributed by atoms with Crippen LogP contribution in [0.3, 0.4) is 0 Å². The summed E-state index contributed by atoms with van der Waals surface area (Å²) in [5.74, 6) is 0. The van der Waals surface area contributed by atoms with E-state index in [0.29, 0.717) is 0 Å². The first kappa shape index (κ1) is 12.2. The predicted molar refractivity (Wildman–Crippen MR) is 58.6 cm³/mol. The highest BCUT2D eigenvalue weighted by molar-refractivity contribution is 5.12. The Morgan fingerprint density at radius 3 is 2.80 bits per heavy atom. The van der Waals surface area contributed by atoms with Gasteiger partial charge in [-0.1, -0.05) is 6.92 Å². The van der Waals surface area contributed by atoms with Crippen LogP contribution in [0.25, 0.3) is 0 Å². The molecule has 0 radical (unpaired) electrons. The van der Waals surface area contributed by atoms with E-state index in [2.05, 4.69) is 12.0 Å². The normalized spacial score (nSPS) is 14.2. The average molecular weight is 212 g/mol. The molecule has 1 N–H and O–H groups in total. The third-order valence-corrected chi connectivity index (χ3v) is 2.61. The van der Waals surface area contributed by atoms with E-state index in [1.807, 2.05) is 24.7 Å². The summed E-state index contributed by atoms with van der Waals surface area (Å²) in [4.78, 5) is 0. The summed E-state index contributed by atoms with van der Waals surface area (Å²) in [5.41, 5.74) is 0.218. The number of aliphatic hydroxyl groups excluding tert-OH is 1. The van der Waals surface area contributed by atoms with Crippen molar-refractivity contribution >= 4 is 0 Å². The van der Waals surface area contributed by atoms with Gasteiger partial charge >= 0.3 is 0 Å². The monoisotopic (exact) mass is 212 g/mol. The van der Waals surface area contributed by atoms with Gasteiger partial charge in [0.1, 0.15) is 6.10 Å². The zero-order valence-electron chi connectivity index (χ0n) is 9.90. The van der Waals surface area contributed by atoms with Crippen LogP contribution < -0.4 is 0 Å². The first-order valence-corrected chi connectivity index (χ1v) is 5.27. The second kappa shape index (κ2) is 4.77. The highest BCUT2D eigenvalue weighted by Gasteiger charge is 2.29. The molecule has 4 nitrogen and oxygen atoms in total. The fourth-order valence-corrected chi connectivity index (χ4v) is 1.39. The molecule has 0 amide bonds. The van der Waals surface area contributed by atoms with Crippen LogP contribution in [-0.4, -0.2) is 27.6 Å². The van der Waals surface area contributed by atoms with Crippen molar-refractivity contribution in [3.8, 4) is 0 Å². The van der Waals surface area contributed by atoms with E-state index in [-0.39, 0.29) is 0 Å². The highest BCUT2D eigenvalue weighted by Crippen LogP contribution is 2.27. The Kier molecular flexibility index (Phi) is 3.88. The second-order valence-electron chi connectivity index (χ2n) is 4.25. The molecule has 0 aliphatic carbocycles. The van der Waals surface area contributed by atoms with Crippen molar-refractivity contribution in [2.45, 2.75) is 45.4 Å². The predicted octanol–water partition coefficient (Wildman–Crippen LogP) is 1.75. The summed E-state index contributed by atoms with van der Waals surface area (Å²) in [5, 5.41) is 14.2. The lowest BCUT2D eigenvalue weighted by atomic mass is 9.97. The van der Waals surface area contributed by atoms with Gasteiger partial charge < -0.3 is 9.84 Å². The van der Waals surface area contributed by atoms with E-state index in [0.717, 1.165) is 18.5 Å². The smallest absolute Gasteiger partial charge is 0.110 e. The van der Waals surface area contributed by atoms with Crippen LogP contribution in [0.5, 0.6) is 0 Å². The Labute approximate surface area is 90.9 Å². The van der Waals surface area contributed by atoms with Crippen molar-refractivity contribution in [3.05, 3.63) is 18.0 Å². The molecule has 4 heteroatoms. The average Bonchev–Trinajstić information content (AvgIpc) is 2.66. The van der Waals surface area contributed by atoms with Gasteiger partial charge in [-0.05, 0) is 20.3 Å². The lowest BCUT2D eigenvalue weighted by molar-refractivity contribution is -0.0793. The number of aliphatic hydroxyl groups is 1. The Bertz CT molecular complexity index is 307. The first-order valence-electron chi connectivity index (χ1n) is 5.27. The second-order valence-corrected chi connectivity index (χ2v) is 4.25. The molecular weight excluding hydrogens is 192 g/mol. The summed E-state index contributed by atoms with van der Waals surface area (Å²) in [7, 11) is 1.60. The molecule has 1 aromatic heterocycles. The van der Waals surface area contributed by atoms with Gasteiger partial charge in [0.2, 0.25) is 0 Å². The molecule has 86 valence electrons. The van der Waals surface area contributed by atoms with E-state index < -0.39 is 11.7 Å². The molecule has 1 rings (SSSR count). The molecule has 0 aliphatic rings. The van der Waals surface area contributed by atoms with Crippen LogP contribution in [0.15, 0.2) is 12.4 Å². The van der Waals surface area contributed by atoms with Gasteiger partial charge in [0.05, 0.1) is 11.8 Å². The number of nitrogens with zero attached hydrogens (tertiary/aromatic N) is 2. The molecule has 0 spiro atoms. The van der Waals surface area contributed by atoms with Crippen molar-refractivity contribution in [2.75, 3.05) is 7.11 Å². The molecule has 0 aliphatic heterocycles. The zero-order chi connectivity index (χ0) is 11.5. The third-order valence-electron chi connectivity index (χ3n) is 2.61. The summed E-state index contributed by atoms with van der Waals surface area (Å²) in [6.07, 6.45) is 3.95. The molecular formula is C11H20N2O2. The number of ether oxygens (including phenoxy) is 1. The zero-order valence-corrected chi connectivity index (χ0v) is 9.90. The molecule has 1 atom stereocenters. The Hall–Kier alpha value is -0.870. The van der Waals surface area contributed by atoms with Gasteiger partial charge in [-0.3, -0.25) is 4.68 Å². The lowest BCUT2D eigenvalue weighted by Crippen LogP contribution is -2.31. The molecule has 1 heterocycles. The van der Waals surface area contributed by atoms with Crippen molar-refractivity contribution in [3.63, 3.8) is 0 Å². The maximum Gasteiger partial charge on any atom is 0.110 e. The number of hydrogen-bond donors (Lipinski definition) is 1. The standard InChI is InChI=1S/C11H20N2O2/c1-5-6-13-8-9(7-12-13)10(14)11(2,3)15-4/h7-8,10,14H,5-6H2,1-4H3. The van der Waals surface area contributed by atoms with Gasteiger partial charge in [0.25, 0.3) is 0 Å². The van der Waals surface area contributed by atoms with Gasteiger partial charge in [-0.15, -0.1) is 0 Å². The summed E-state index contributed by atoms with van der Waals surface area (Å²) in [6, 6.07) is 0. The maximum absolute atomic E-state index is 10.1. The van der Waals surface area contributed by atoms with Gasteiger partial charge in [-0.2, -0.15) is 5.10 Å². The van der Waals surface area contributed by atoms with Crippen LogP contribution in [0, 0.1) is 0 Å². The Morgan fingerprint density at radius 2 is 2.27 bits per heavy atom. The van der Waals surface area contributed by atoms with Crippen molar-refractivity contribution in [2.24, 2.45) is 0 Å². The molecule has 0 bridgehead atoms. The minimum Gasteiger partial charge on any atom is -0.385 e. The molecule has 0 saturated heterocycles. The highest BCUT2D eigenvalue weighted by atomic mass is 16.5. The van der Waals surface area contributed by atoms with E-state index in [1.54, 1.807) is 13.3 Å². The summed E-state index contributed by atoms with van der Waals surface area (Å²) >= 11 is 0. The minimum absolute atomic E-state index is 0.583. The van der Waals surface area contributed by atoms with Crippen molar-refractivity contribution < 1.29 is 9.84 Å². The molecule has 15 heavy (non-hydrogen) atoms. The first-order chi connectivity index (χ1) is 7.01. The SMILES string of the molecule is CCCn1cc(C(O)C(C)(C)OC)cn1. The Balaban J connectivity index is 2.78. The van der Waals surface area contributed by atoms with Crippen molar-refractivity contribution in [1.82, 2.24) is 9.78 Å². The Morgan fingerprint density at radius 1 is 1.60 bits per heavy atom. The van der Waals surface area contributed by atoms with Gasteiger partial charge in [0.15, 0.2) is 0 Å². The fourth-order valence-electron chi connectivity index (χ4n) is 1.39. The van der Waals surface area contributed by atoms with Gasteiger partial charge in [-0.25, -0.2) is 0 Å². The quantitative estimate of drug-likeness (QED) is 0.809. The van der Waals surface area contributed by atoms with Crippen LogP contribution in [0.4, 0.5) is 0 Å². The van der Waals surface area contributed by atoms with Crippen LogP contribution in [-0.2, 0) is 11.3 Å². The van der Waals surface area contributed by atoms with E-state index >= 15 is 0 Å². The number of aryl methyl sites for hydroxylation is 1. The summed E-state index contributed by atoms with van der Waals surface area (Å²) in [6.45, 7) is 6.68. The molecule has 0 saturated carbocycles. The number of methoxy groups -OCH3 is 1. The van der Waals surface area contributed by atoms with E-state index in [1.165, 1.54) is 0 Å². The minimum atomic E-state index is -0.645. The maximum atomic E-state index is 10.1. The van der Waals surface area contributed by atoms with Crippen LogP contribution >= 0.6 is 0 Å². The molecule has 0 aromatic carbocycles. The molecule has 0 fully saturated rings. The van der Waals surface area contributed by atoms with Crippen molar-refractivity contribution in [1.29, 1.82) is 0 Å². The van der Waals surface area contributed by atoms with Crippen LogP contribution in [0.2, 0.25) is 0 Å². The fraction of sp³-hybridized carbons (Fsp3) is 0.727. The summed E-state index contributed by atoms with van der Waals surface area (Å²) < 4.78 is 7.07. The number of aromatic nitrogens is 2. The molecule has 1 unspecified atom stereocenters. The van der Waals surface area contributed by atoms with Crippen LogP contribution in [0.1, 0.15) is 38.9 Å². The number of hydrogen-bond acceptors (Lipinski definition) is 3. The third kappa shape index (κ3) is 2.79. The largest absolute Gasteiger partial charge is 0.385 e. The topological polar surface area (TPSA) is 47.3 Å². The van der Waals surface area contributed by atoms with E-state index in [4.69, 9.17) is 4.74 Å². The van der Waals surface area contributed by atoms with E-state index in [9.17, 15) is 5.11 Å². The van der Waals surface area contributed by atoms with Gasteiger partial charge in [0, 0.05) is 25.4 Å². The molecule has 1 aromatic rings. The lowest BCUT2D eigenvalue weighted by Gasteiger charge is -2.28.